The van der Waals surface area contributed by atoms with E-state index in [1.54, 1.807) is 6.07 Å². The number of carbonyl (C=O) groups excluding carboxylic acids is 2. The smallest absolute Gasteiger partial charge is 0.341 e. The maximum Gasteiger partial charge on any atom is 0.341 e. The van der Waals surface area contributed by atoms with Gasteiger partial charge in [0.25, 0.3) is 5.91 Å². The predicted octanol–water partition coefficient (Wildman–Crippen LogP) is 3.70. The summed E-state index contributed by atoms with van der Waals surface area (Å²) >= 11 is 0. The summed E-state index contributed by atoms with van der Waals surface area (Å²) in [6.45, 7) is 1.72. The highest BCUT2D eigenvalue weighted by molar-refractivity contribution is 5.91. The molecular weight excluding hydrogens is 333 g/mol. The van der Waals surface area contributed by atoms with Gasteiger partial charge in [0.05, 0.1) is 5.56 Å². The van der Waals surface area contributed by atoms with Crippen LogP contribution in [0.4, 0.5) is 4.39 Å². The minimum absolute atomic E-state index is 0.0792. The van der Waals surface area contributed by atoms with Crippen molar-refractivity contribution in [2.75, 3.05) is 6.61 Å². The van der Waals surface area contributed by atoms with Crippen LogP contribution >= 0.6 is 0 Å². The molecule has 4 fully saturated rings. The van der Waals surface area contributed by atoms with Crippen molar-refractivity contribution in [1.29, 1.82) is 0 Å². The molecule has 1 amide bonds. The standard InChI is InChI=1S/C21H26FNO3/c1-13(21-9-14-6-15(10-21)8-16(7-14)11-21)23-19(24)12-26-20(25)17-4-2-3-5-18(17)22/h2-5,13-16H,6-12H2,1H3,(H,23,24)/t13-,14?,15?,16?,21?/m1/s1. The van der Waals surface area contributed by atoms with E-state index < -0.39 is 11.8 Å². The molecule has 0 unspecified atom stereocenters. The Morgan fingerprint density at radius 3 is 2.31 bits per heavy atom. The van der Waals surface area contributed by atoms with Crippen LogP contribution in [-0.4, -0.2) is 24.5 Å². The lowest BCUT2D eigenvalue weighted by atomic mass is 9.48. The van der Waals surface area contributed by atoms with Crippen molar-refractivity contribution in [2.24, 2.45) is 23.2 Å². The van der Waals surface area contributed by atoms with Crippen molar-refractivity contribution in [3.63, 3.8) is 0 Å². The lowest BCUT2D eigenvalue weighted by Crippen LogP contribution is -2.56. The summed E-state index contributed by atoms with van der Waals surface area (Å²) in [5, 5.41) is 3.05. The van der Waals surface area contributed by atoms with E-state index in [2.05, 4.69) is 12.2 Å². The molecule has 140 valence electrons. The molecule has 0 spiro atoms. The number of nitrogens with one attached hydrogen (secondary N) is 1. The predicted molar refractivity (Wildman–Crippen MR) is 94.9 cm³/mol. The molecule has 0 aliphatic heterocycles. The molecular formula is C21H26FNO3. The quantitative estimate of drug-likeness (QED) is 0.816. The molecule has 1 N–H and O–H groups in total. The first-order valence-corrected chi connectivity index (χ1v) is 9.66. The second-order valence-corrected chi connectivity index (χ2v) is 8.63. The molecule has 0 saturated heterocycles. The van der Waals surface area contributed by atoms with Crippen LogP contribution in [-0.2, 0) is 9.53 Å². The third kappa shape index (κ3) is 3.24. The van der Waals surface area contributed by atoms with E-state index >= 15 is 0 Å². The summed E-state index contributed by atoms with van der Waals surface area (Å²) in [6, 6.07) is 5.70. The molecule has 1 aromatic carbocycles. The molecule has 0 radical (unpaired) electrons. The number of halogens is 1. The van der Waals surface area contributed by atoms with Gasteiger partial charge in [-0.1, -0.05) is 12.1 Å². The normalized spacial score (nSPS) is 32.9. The second kappa shape index (κ2) is 6.67. The zero-order valence-electron chi connectivity index (χ0n) is 15.2. The van der Waals surface area contributed by atoms with Gasteiger partial charge < -0.3 is 10.1 Å². The van der Waals surface area contributed by atoms with Gasteiger partial charge in [0.1, 0.15) is 5.82 Å². The van der Waals surface area contributed by atoms with E-state index in [4.69, 9.17) is 4.74 Å². The van der Waals surface area contributed by atoms with Gasteiger partial charge in [-0.2, -0.15) is 0 Å². The fourth-order valence-corrected chi connectivity index (χ4v) is 5.98. The summed E-state index contributed by atoms with van der Waals surface area (Å²) in [6.07, 6.45) is 7.70. The fourth-order valence-electron chi connectivity index (χ4n) is 5.98. The Kier molecular flexibility index (Phi) is 4.49. The average molecular weight is 359 g/mol. The van der Waals surface area contributed by atoms with Crippen molar-refractivity contribution >= 4 is 11.9 Å². The number of ether oxygens (including phenoxy) is 1. The minimum Gasteiger partial charge on any atom is -0.452 e. The van der Waals surface area contributed by atoms with Gasteiger partial charge in [0.2, 0.25) is 0 Å². The molecule has 4 nitrogen and oxygen atoms in total. The molecule has 4 bridgehead atoms. The number of rotatable bonds is 5. The van der Waals surface area contributed by atoms with Crippen LogP contribution in [0.25, 0.3) is 0 Å². The van der Waals surface area contributed by atoms with Crippen LogP contribution in [0.5, 0.6) is 0 Å². The number of carbonyl (C=O) groups is 2. The Morgan fingerprint density at radius 2 is 1.73 bits per heavy atom. The molecule has 1 atom stereocenters. The maximum atomic E-state index is 13.6. The highest BCUT2D eigenvalue weighted by Gasteiger charge is 2.53. The highest BCUT2D eigenvalue weighted by atomic mass is 19.1. The van der Waals surface area contributed by atoms with E-state index in [0.717, 1.165) is 17.8 Å². The molecule has 4 aliphatic rings. The molecule has 4 saturated carbocycles. The van der Waals surface area contributed by atoms with Gasteiger partial charge >= 0.3 is 5.97 Å². The van der Waals surface area contributed by atoms with Gasteiger partial charge in [0.15, 0.2) is 6.61 Å². The Labute approximate surface area is 153 Å². The van der Waals surface area contributed by atoms with Crippen molar-refractivity contribution in [1.82, 2.24) is 5.32 Å². The number of hydrogen-bond acceptors (Lipinski definition) is 3. The minimum atomic E-state index is -0.805. The molecule has 26 heavy (non-hydrogen) atoms. The number of hydrogen-bond donors (Lipinski definition) is 1. The number of benzene rings is 1. The van der Waals surface area contributed by atoms with E-state index in [1.807, 2.05) is 0 Å². The first-order valence-electron chi connectivity index (χ1n) is 9.66. The largest absolute Gasteiger partial charge is 0.452 e. The van der Waals surface area contributed by atoms with Crippen LogP contribution in [0.15, 0.2) is 24.3 Å². The number of esters is 1. The average Bonchev–Trinajstić information content (AvgIpc) is 2.59. The highest BCUT2D eigenvalue weighted by Crippen LogP contribution is 2.61. The van der Waals surface area contributed by atoms with Crippen LogP contribution in [0.3, 0.4) is 0 Å². The lowest BCUT2D eigenvalue weighted by Gasteiger charge is -2.59. The van der Waals surface area contributed by atoms with Crippen molar-refractivity contribution in [3.8, 4) is 0 Å². The third-order valence-electron chi connectivity index (χ3n) is 6.81. The number of amides is 1. The van der Waals surface area contributed by atoms with Gasteiger partial charge in [-0.05, 0) is 80.8 Å². The lowest BCUT2D eigenvalue weighted by molar-refractivity contribution is -0.128. The Morgan fingerprint density at radius 1 is 1.15 bits per heavy atom. The van der Waals surface area contributed by atoms with Crippen molar-refractivity contribution in [3.05, 3.63) is 35.6 Å². The summed E-state index contributed by atoms with van der Waals surface area (Å²) in [7, 11) is 0. The monoisotopic (exact) mass is 359 g/mol. The molecule has 5 rings (SSSR count). The first kappa shape index (κ1) is 17.5. The summed E-state index contributed by atoms with van der Waals surface area (Å²) in [4.78, 5) is 24.2. The van der Waals surface area contributed by atoms with Crippen LogP contribution in [0, 0.1) is 29.0 Å². The van der Waals surface area contributed by atoms with Gasteiger partial charge in [-0.3, -0.25) is 4.79 Å². The van der Waals surface area contributed by atoms with Gasteiger partial charge in [-0.25, -0.2) is 9.18 Å². The van der Waals surface area contributed by atoms with Gasteiger partial charge in [-0.15, -0.1) is 0 Å². The first-order chi connectivity index (χ1) is 12.4. The maximum absolute atomic E-state index is 13.6. The van der Waals surface area contributed by atoms with Crippen LogP contribution in [0.1, 0.15) is 55.8 Å². The van der Waals surface area contributed by atoms with Crippen molar-refractivity contribution in [2.45, 2.75) is 51.5 Å². The zero-order chi connectivity index (χ0) is 18.3. The summed E-state index contributed by atoms with van der Waals surface area (Å²) < 4.78 is 18.6. The summed E-state index contributed by atoms with van der Waals surface area (Å²) in [5.74, 6) is 0.706. The molecule has 0 aromatic heterocycles. The summed E-state index contributed by atoms with van der Waals surface area (Å²) in [5.41, 5.74) is 0.0642. The fraction of sp³-hybridized carbons (Fsp3) is 0.619. The van der Waals surface area contributed by atoms with E-state index in [1.165, 1.54) is 56.7 Å². The molecule has 1 aromatic rings. The van der Waals surface area contributed by atoms with E-state index in [0.29, 0.717) is 0 Å². The Balaban J connectivity index is 1.32. The van der Waals surface area contributed by atoms with Crippen molar-refractivity contribution < 1.29 is 18.7 Å². The zero-order valence-corrected chi connectivity index (χ0v) is 15.2. The van der Waals surface area contributed by atoms with E-state index in [-0.39, 0.29) is 29.5 Å². The van der Waals surface area contributed by atoms with Crippen LogP contribution in [0.2, 0.25) is 0 Å². The third-order valence-corrected chi connectivity index (χ3v) is 6.81. The molecule has 5 heteroatoms. The SMILES string of the molecule is C[C@@H](NC(=O)COC(=O)c1ccccc1F)C12CC3CC(CC(C3)C1)C2. The van der Waals surface area contributed by atoms with Crippen LogP contribution < -0.4 is 5.32 Å². The Bertz CT molecular complexity index is 682. The Hall–Kier alpha value is -1.91. The van der Waals surface area contributed by atoms with Gasteiger partial charge in [0, 0.05) is 6.04 Å². The topological polar surface area (TPSA) is 55.4 Å². The molecule has 0 heterocycles. The molecule has 4 aliphatic carbocycles. The van der Waals surface area contributed by atoms with E-state index in [9.17, 15) is 14.0 Å². The second-order valence-electron chi connectivity index (χ2n) is 8.63.